The second-order valence-electron chi connectivity index (χ2n) is 6.04. The normalized spacial score (nSPS) is 11.8. The number of carbonyl (C=O) groups excluding carboxylic acids is 1. The van der Waals surface area contributed by atoms with Gasteiger partial charge in [0.25, 0.3) is 0 Å². The molecular formula is C18H22N2O2. The van der Waals surface area contributed by atoms with Crippen LogP contribution in [0.4, 0.5) is 4.79 Å². The molecular weight excluding hydrogens is 276 g/mol. The van der Waals surface area contributed by atoms with Crippen LogP contribution in [-0.4, -0.2) is 23.2 Å². The van der Waals surface area contributed by atoms with Crippen molar-refractivity contribution in [3.05, 3.63) is 48.2 Å². The Labute approximate surface area is 131 Å². The third kappa shape index (κ3) is 4.88. The number of pyridine rings is 1. The van der Waals surface area contributed by atoms with Crippen molar-refractivity contribution in [2.75, 3.05) is 6.54 Å². The van der Waals surface area contributed by atoms with Crippen LogP contribution in [0.1, 0.15) is 32.8 Å². The van der Waals surface area contributed by atoms with Gasteiger partial charge < -0.3 is 10.1 Å². The maximum absolute atomic E-state index is 11.5. The number of amides is 1. The average Bonchev–Trinajstić information content (AvgIpc) is 2.45. The van der Waals surface area contributed by atoms with Gasteiger partial charge in [-0.1, -0.05) is 36.4 Å². The number of fused-ring (bicyclic) bond motifs is 1. The molecule has 1 heterocycles. The summed E-state index contributed by atoms with van der Waals surface area (Å²) in [5.74, 6) is 0. The molecule has 22 heavy (non-hydrogen) atoms. The number of carbonyl (C=O) groups is 1. The Morgan fingerprint density at radius 2 is 2.05 bits per heavy atom. The topological polar surface area (TPSA) is 51.2 Å². The number of benzene rings is 1. The number of alkyl carbamates (subject to hydrolysis) is 1. The molecule has 0 spiro atoms. The van der Waals surface area contributed by atoms with Crippen LogP contribution >= 0.6 is 0 Å². The first-order valence-electron chi connectivity index (χ1n) is 7.43. The molecule has 0 bridgehead atoms. The zero-order chi connectivity index (χ0) is 16.0. The Balaban J connectivity index is 1.86. The molecule has 2 rings (SSSR count). The summed E-state index contributed by atoms with van der Waals surface area (Å²) in [4.78, 5) is 15.9. The van der Waals surface area contributed by atoms with E-state index in [1.165, 1.54) is 0 Å². The number of ether oxygens (including phenoxy) is 1. The summed E-state index contributed by atoms with van der Waals surface area (Å²) in [6, 6.07) is 10.1. The minimum atomic E-state index is -0.464. The number of nitrogens with zero attached hydrogens (tertiary/aromatic N) is 1. The first kappa shape index (κ1) is 16.0. The van der Waals surface area contributed by atoms with E-state index in [9.17, 15) is 4.79 Å². The van der Waals surface area contributed by atoms with E-state index < -0.39 is 5.60 Å². The summed E-state index contributed by atoms with van der Waals surface area (Å²) in [6.07, 6.45) is 6.21. The van der Waals surface area contributed by atoms with Crippen molar-refractivity contribution in [2.24, 2.45) is 0 Å². The lowest BCUT2D eigenvalue weighted by Crippen LogP contribution is -2.32. The van der Waals surface area contributed by atoms with Crippen LogP contribution in [-0.2, 0) is 4.74 Å². The van der Waals surface area contributed by atoms with E-state index in [1.807, 2.05) is 63.3 Å². The maximum Gasteiger partial charge on any atom is 0.407 e. The smallest absolute Gasteiger partial charge is 0.407 e. The van der Waals surface area contributed by atoms with Crippen molar-refractivity contribution in [2.45, 2.75) is 32.8 Å². The highest BCUT2D eigenvalue weighted by molar-refractivity contribution is 5.86. The number of aromatic nitrogens is 1. The van der Waals surface area contributed by atoms with E-state index in [-0.39, 0.29) is 6.09 Å². The van der Waals surface area contributed by atoms with Gasteiger partial charge in [-0.3, -0.25) is 4.98 Å². The molecule has 1 aromatic heterocycles. The molecule has 4 nitrogen and oxygen atoms in total. The molecule has 0 aliphatic rings. The lowest BCUT2D eigenvalue weighted by atomic mass is 10.1. The second kappa shape index (κ2) is 7.07. The zero-order valence-corrected chi connectivity index (χ0v) is 13.3. The molecule has 0 saturated carbocycles. The molecule has 0 fully saturated rings. The van der Waals surface area contributed by atoms with Crippen LogP contribution in [0, 0.1) is 0 Å². The quantitative estimate of drug-likeness (QED) is 0.862. The molecule has 116 valence electrons. The molecule has 1 N–H and O–H groups in total. The van der Waals surface area contributed by atoms with Crippen molar-refractivity contribution in [3.8, 4) is 0 Å². The highest BCUT2D eigenvalue weighted by Crippen LogP contribution is 2.17. The van der Waals surface area contributed by atoms with Crippen molar-refractivity contribution in [1.29, 1.82) is 0 Å². The van der Waals surface area contributed by atoms with Gasteiger partial charge >= 0.3 is 6.09 Å². The Bertz CT molecular complexity index is 667. The largest absolute Gasteiger partial charge is 0.444 e. The average molecular weight is 298 g/mol. The Hall–Kier alpha value is -2.36. The van der Waals surface area contributed by atoms with Crippen LogP contribution in [0.15, 0.2) is 42.6 Å². The first-order valence-corrected chi connectivity index (χ1v) is 7.43. The zero-order valence-electron chi connectivity index (χ0n) is 13.3. The van der Waals surface area contributed by atoms with Crippen LogP contribution in [0.25, 0.3) is 17.0 Å². The fourth-order valence-corrected chi connectivity index (χ4v) is 2.04. The van der Waals surface area contributed by atoms with Gasteiger partial charge in [0.15, 0.2) is 0 Å². The monoisotopic (exact) mass is 298 g/mol. The van der Waals surface area contributed by atoms with Gasteiger partial charge in [-0.15, -0.1) is 0 Å². The predicted molar refractivity (Wildman–Crippen MR) is 89.6 cm³/mol. The Morgan fingerprint density at radius 1 is 1.27 bits per heavy atom. The van der Waals surface area contributed by atoms with Crippen molar-refractivity contribution in [1.82, 2.24) is 10.3 Å². The molecule has 0 unspecified atom stereocenters. The number of nitrogens with one attached hydrogen (secondary N) is 1. The van der Waals surface area contributed by atoms with E-state index in [2.05, 4.69) is 10.3 Å². The minimum absolute atomic E-state index is 0.382. The molecule has 4 heteroatoms. The fourth-order valence-electron chi connectivity index (χ4n) is 2.04. The van der Waals surface area contributed by atoms with E-state index in [4.69, 9.17) is 4.74 Å². The standard InChI is InChI=1S/C18H22N2O2/c1-18(2,3)22-17(21)20-12-5-4-8-14-9-6-10-15-11-7-13-19-16(14)15/h4,6-11,13H,5,12H2,1-3H3,(H,20,21). The SMILES string of the molecule is CC(C)(C)OC(=O)NCCC=Cc1cccc2cccnc12. The minimum Gasteiger partial charge on any atom is -0.444 e. The molecule has 0 aliphatic carbocycles. The van der Waals surface area contributed by atoms with Crippen LogP contribution in [0.2, 0.25) is 0 Å². The van der Waals surface area contributed by atoms with Crippen LogP contribution in [0.5, 0.6) is 0 Å². The molecule has 2 aromatic rings. The lowest BCUT2D eigenvalue weighted by Gasteiger charge is -2.19. The van der Waals surface area contributed by atoms with Gasteiger partial charge in [0.05, 0.1) is 5.52 Å². The van der Waals surface area contributed by atoms with Crippen molar-refractivity contribution in [3.63, 3.8) is 0 Å². The van der Waals surface area contributed by atoms with Gasteiger partial charge in [0.2, 0.25) is 0 Å². The van der Waals surface area contributed by atoms with E-state index in [0.29, 0.717) is 6.54 Å². The maximum atomic E-state index is 11.5. The summed E-state index contributed by atoms with van der Waals surface area (Å²) in [5, 5.41) is 3.86. The van der Waals surface area contributed by atoms with E-state index in [1.54, 1.807) is 6.20 Å². The van der Waals surface area contributed by atoms with E-state index >= 15 is 0 Å². The van der Waals surface area contributed by atoms with Gasteiger partial charge in [0.1, 0.15) is 5.60 Å². The second-order valence-corrected chi connectivity index (χ2v) is 6.04. The molecule has 0 saturated heterocycles. The number of hydrogen-bond acceptors (Lipinski definition) is 3. The summed E-state index contributed by atoms with van der Waals surface area (Å²) < 4.78 is 5.18. The summed E-state index contributed by atoms with van der Waals surface area (Å²) in [5.41, 5.74) is 1.60. The van der Waals surface area contributed by atoms with Crippen LogP contribution < -0.4 is 5.32 Å². The molecule has 1 aromatic carbocycles. The Kier molecular flexibility index (Phi) is 5.15. The van der Waals surface area contributed by atoms with E-state index in [0.717, 1.165) is 22.9 Å². The molecule has 0 aliphatic heterocycles. The van der Waals surface area contributed by atoms with Crippen molar-refractivity contribution >= 4 is 23.1 Å². The molecule has 0 radical (unpaired) electrons. The highest BCUT2D eigenvalue weighted by Gasteiger charge is 2.15. The Morgan fingerprint density at radius 3 is 2.82 bits per heavy atom. The van der Waals surface area contributed by atoms with Gasteiger partial charge in [-0.2, -0.15) is 0 Å². The van der Waals surface area contributed by atoms with Gasteiger partial charge in [-0.25, -0.2) is 4.79 Å². The van der Waals surface area contributed by atoms with Gasteiger partial charge in [0, 0.05) is 23.7 Å². The third-order valence-corrected chi connectivity index (χ3v) is 2.94. The first-order chi connectivity index (χ1) is 10.5. The molecule has 1 amide bonds. The van der Waals surface area contributed by atoms with Crippen LogP contribution in [0.3, 0.4) is 0 Å². The number of hydrogen-bond donors (Lipinski definition) is 1. The summed E-state index contributed by atoms with van der Waals surface area (Å²) in [6.45, 7) is 6.09. The fraction of sp³-hybridized carbons (Fsp3) is 0.333. The third-order valence-electron chi connectivity index (χ3n) is 2.94. The highest BCUT2D eigenvalue weighted by atomic mass is 16.6. The summed E-state index contributed by atoms with van der Waals surface area (Å²) in [7, 11) is 0. The number of rotatable bonds is 4. The van der Waals surface area contributed by atoms with Gasteiger partial charge in [-0.05, 0) is 33.3 Å². The summed E-state index contributed by atoms with van der Waals surface area (Å²) >= 11 is 0. The number of para-hydroxylation sites is 1. The van der Waals surface area contributed by atoms with Crippen molar-refractivity contribution < 1.29 is 9.53 Å². The lowest BCUT2D eigenvalue weighted by molar-refractivity contribution is 0.0529. The predicted octanol–water partition coefficient (Wildman–Crippen LogP) is 4.16. The molecule has 0 atom stereocenters.